The van der Waals surface area contributed by atoms with Crippen LogP contribution in [0.1, 0.15) is 48.9 Å². The lowest BCUT2D eigenvalue weighted by molar-refractivity contribution is 0.102. The summed E-state index contributed by atoms with van der Waals surface area (Å²) in [5.41, 5.74) is 1.27. The van der Waals surface area contributed by atoms with E-state index in [4.69, 9.17) is 4.74 Å². The number of amides is 1. The predicted octanol–water partition coefficient (Wildman–Crippen LogP) is 4.48. The zero-order chi connectivity index (χ0) is 17.5. The summed E-state index contributed by atoms with van der Waals surface area (Å²) >= 11 is 0. The Hall–Kier alpha value is -2.56. The normalized spacial score (nSPS) is 15.2. The van der Waals surface area contributed by atoms with Gasteiger partial charge in [0.2, 0.25) is 0 Å². The van der Waals surface area contributed by atoms with Crippen LogP contribution in [0.5, 0.6) is 5.75 Å². The van der Waals surface area contributed by atoms with Gasteiger partial charge in [0.25, 0.3) is 5.91 Å². The van der Waals surface area contributed by atoms with E-state index >= 15 is 0 Å². The van der Waals surface area contributed by atoms with Crippen molar-refractivity contribution in [2.24, 2.45) is 0 Å². The maximum absolute atomic E-state index is 12.3. The van der Waals surface area contributed by atoms with E-state index in [1.807, 2.05) is 12.1 Å². The first-order valence-electron chi connectivity index (χ1n) is 8.92. The molecule has 132 valence electrons. The fourth-order valence-corrected chi connectivity index (χ4v) is 3.13. The molecule has 5 nitrogen and oxygen atoms in total. The highest BCUT2D eigenvalue weighted by Gasteiger charge is 2.12. The van der Waals surface area contributed by atoms with Crippen molar-refractivity contribution in [1.82, 2.24) is 4.98 Å². The topological polar surface area (TPSA) is 63.2 Å². The molecule has 0 unspecified atom stereocenters. The Kier molecular flexibility index (Phi) is 5.88. The minimum atomic E-state index is -0.158. The van der Waals surface area contributed by atoms with Crippen molar-refractivity contribution in [1.29, 1.82) is 0 Å². The lowest BCUT2D eigenvalue weighted by Crippen LogP contribution is -2.19. The fourth-order valence-electron chi connectivity index (χ4n) is 3.13. The number of benzene rings is 1. The van der Waals surface area contributed by atoms with E-state index in [0.717, 1.165) is 11.6 Å². The summed E-state index contributed by atoms with van der Waals surface area (Å²) < 4.78 is 5.10. The molecule has 1 fully saturated rings. The van der Waals surface area contributed by atoms with Crippen LogP contribution in [0.2, 0.25) is 0 Å². The van der Waals surface area contributed by atoms with Gasteiger partial charge in [-0.15, -0.1) is 0 Å². The Morgan fingerprint density at radius 3 is 2.36 bits per heavy atom. The molecular weight excluding hydrogens is 314 g/mol. The average Bonchev–Trinajstić information content (AvgIpc) is 2.92. The predicted molar refractivity (Wildman–Crippen MR) is 100 cm³/mol. The van der Waals surface area contributed by atoms with Crippen molar-refractivity contribution in [3.05, 3.63) is 48.2 Å². The molecule has 0 spiro atoms. The molecule has 5 heteroatoms. The first-order valence-corrected chi connectivity index (χ1v) is 8.92. The molecule has 1 amide bonds. The summed E-state index contributed by atoms with van der Waals surface area (Å²) in [5.74, 6) is 1.44. The molecule has 1 saturated carbocycles. The van der Waals surface area contributed by atoms with Crippen LogP contribution in [0.4, 0.5) is 11.5 Å². The number of nitrogens with one attached hydrogen (secondary N) is 2. The minimum Gasteiger partial charge on any atom is -0.497 e. The van der Waals surface area contributed by atoms with Gasteiger partial charge >= 0.3 is 0 Å². The van der Waals surface area contributed by atoms with Gasteiger partial charge in [-0.2, -0.15) is 0 Å². The van der Waals surface area contributed by atoms with E-state index in [2.05, 4.69) is 15.6 Å². The maximum Gasteiger partial charge on any atom is 0.255 e. The Labute approximate surface area is 148 Å². The molecular formula is C20H25N3O2. The monoisotopic (exact) mass is 339 g/mol. The van der Waals surface area contributed by atoms with E-state index in [1.165, 1.54) is 38.5 Å². The standard InChI is InChI=1S/C20H25N3O2/c1-25-18-11-8-15(9-12-18)20(24)23-17-10-13-19(21-14-17)22-16-6-4-2-3-5-7-16/h8-14,16H,2-7H2,1H3,(H,21,22)(H,23,24). The number of nitrogens with zero attached hydrogens (tertiary/aromatic N) is 1. The minimum absolute atomic E-state index is 0.158. The molecule has 0 radical (unpaired) electrons. The SMILES string of the molecule is COc1ccc(C(=O)Nc2ccc(NC3CCCCCC3)nc2)cc1. The summed E-state index contributed by atoms with van der Waals surface area (Å²) in [5, 5.41) is 6.37. The van der Waals surface area contributed by atoms with Crippen molar-refractivity contribution in [2.45, 2.75) is 44.6 Å². The van der Waals surface area contributed by atoms with Crippen molar-refractivity contribution in [3.63, 3.8) is 0 Å². The molecule has 3 rings (SSSR count). The molecule has 1 aliphatic carbocycles. The molecule has 2 aromatic rings. The molecule has 1 aromatic carbocycles. The summed E-state index contributed by atoms with van der Waals surface area (Å²) in [6, 6.07) is 11.3. The lowest BCUT2D eigenvalue weighted by Gasteiger charge is -2.17. The highest BCUT2D eigenvalue weighted by Crippen LogP contribution is 2.21. The molecule has 0 saturated heterocycles. The van der Waals surface area contributed by atoms with Gasteiger partial charge in [-0.25, -0.2) is 4.98 Å². The summed E-state index contributed by atoms with van der Waals surface area (Å²) in [6.45, 7) is 0. The van der Waals surface area contributed by atoms with Crippen LogP contribution >= 0.6 is 0 Å². The Balaban J connectivity index is 1.56. The average molecular weight is 339 g/mol. The quantitative estimate of drug-likeness (QED) is 0.789. The second-order valence-corrected chi connectivity index (χ2v) is 6.45. The molecule has 0 aliphatic heterocycles. The zero-order valence-electron chi connectivity index (χ0n) is 14.6. The number of hydrogen-bond acceptors (Lipinski definition) is 4. The van der Waals surface area contributed by atoms with Gasteiger partial charge in [-0.1, -0.05) is 25.7 Å². The number of carbonyl (C=O) groups excluding carboxylic acids is 1. The Morgan fingerprint density at radius 2 is 1.76 bits per heavy atom. The second kappa shape index (κ2) is 8.51. The lowest BCUT2D eigenvalue weighted by atomic mass is 10.1. The van der Waals surface area contributed by atoms with Crippen LogP contribution < -0.4 is 15.4 Å². The molecule has 0 bridgehead atoms. The largest absolute Gasteiger partial charge is 0.497 e. The molecule has 2 N–H and O–H groups in total. The molecule has 1 heterocycles. The van der Waals surface area contributed by atoms with Gasteiger partial charge in [-0.05, 0) is 49.2 Å². The van der Waals surface area contributed by atoms with Crippen molar-refractivity contribution >= 4 is 17.4 Å². The van der Waals surface area contributed by atoms with Gasteiger partial charge < -0.3 is 15.4 Å². The smallest absolute Gasteiger partial charge is 0.255 e. The van der Waals surface area contributed by atoms with Gasteiger partial charge in [0, 0.05) is 11.6 Å². The van der Waals surface area contributed by atoms with Crippen LogP contribution in [0.25, 0.3) is 0 Å². The first-order chi connectivity index (χ1) is 12.2. The number of rotatable bonds is 5. The van der Waals surface area contributed by atoms with Crippen LogP contribution in [0, 0.1) is 0 Å². The number of ether oxygens (including phenoxy) is 1. The van der Waals surface area contributed by atoms with E-state index in [9.17, 15) is 4.79 Å². The Morgan fingerprint density at radius 1 is 1.04 bits per heavy atom. The zero-order valence-corrected chi connectivity index (χ0v) is 14.6. The third-order valence-electron chi connectivity index (χ3n) is 4.58. The van der Waals surface area contributed by atoms with Gasteiger partial charge in [0.15, 0.2) is 0 Å². The van der Waals surface area contributed by atoms with Crippen molar-refractivity contribution in [2.75, 3.05) is 17.7 Å². The summed E-state index contributed by atoms with van der Waals surface area (Å²) in [6.07, 6.45) is 9.35. The van der Waals surface area contributed by atoms with Crippen LogP contribution in [-0.4, -0.2) is 24.0 Å². The number of anilines is 2. The van der Waals surface area contributed by atoms with Gasteiger partial charge in [0.05, 0.1) is 19.0 Å². The van der Waals surface area contributed by atoms with Crippen LogP contribution in [-0.2, 0) is 0 Å². The number of pyridine rings is 1. The number of carbonyl (C=O) groups is 1. The molecule has 0 atom stereocenters. The number of methoxy groups -OCH3 is 1. The van der Waals surface area contributed by atoms with E-state index in [0.29, 0.717) is 17.3 Å². The van der Waals surface area contributed by atoms with Gasteiger partial charge in [-0.3, -0.25) is 4.79 Å². The summed E-state index contributed by atoms with van der Waals surface area (Å²) in [7, 11) is 1.60. The second-order valence-electron chi connectivity index (χ2n) is 6.45. The highest BCUT2D eigenvalue weighted by molar-refractivity contribution is 6.04. The number of aromatic nitrogens is 1. The van der Waals surface area contributed by atoms with Crippen LogP contribution in [0.15, 0.2) is 42.6 Å². The summed E-state index contributed by atoms with van der Waals surface area (Å²) in [4.78, 5) is 16.7. The van der Waals surface area contributed by atoms with E-state index in [1.54, 1.807) is 37.6 Å². The molecule has 1 aliphatic rings. The Bertz CT molecular complexity index is 675. The highest BCUT2D eigenvalue weighted by atomic mass is 16.5. The van der Waals surface area contributed by atoms with Crippen LogP contribution in [0.3, 0.4) is 0 Å². The van der Waals surface area contributed by atoms with Crippen molar-refractivity contribution < 1.29 is 9.53 Å². The van der Waals surface area contributed by atoms with E-state index in [-0.39, 0.29) is 5.91 Å². The third kappa shape index (κ3) is 4.95. The maximum atomic E-state index is 12.3. The van der Waals surface area contributed by atoms with Crippen molar-refractivity contribution in [3.8, 4) is 5.75 Å². The molecule has 25 heavy (non-hydrogen) atoms. The van der Waals surface area contributed by atoms with Gasteiger partial charge in [0.1, 0.15) is 11.6 Å². The fraction of sp³-hybridized carbons (Fsp3) is 0.400. The van der Waals surface area contributed by atoms with E-state index < -0.39 is 0 Å². The third-order valence-corrected chi connectivity index (χ3v) is 4.58. The molecule has 1 aromatic heterocycles. The number of hydrogen-bond donors (Lipinski definition) is 2. The first kappa shape index (κ1) is 17.3.